The number of nitrogens with one attached hydrogen (secondary N) is 1. The Hall–Kier alpha value is -0.580. The fraction of sp³-hybridized carbons (Fsp3) is 0.647. The maximum absolute atomic E-state index is 3.60. The third kappa shape index (κ3) is 4.97. The highest BCUT2D eigenvalue weighted by Crippen LogP contribution is 2.26. The van der Waals surface area contributed by atoms with Gasteiger partial charge in [-0.2, -0.15) is 0 Å². The standard InChI is InChI=1S/C17H28BrN3/c1-4-8-19-11-15-10-16(18)5-6-17(15)21(3)13-14-7-9-20(2)12-14/h5-6,10,14,19H,4,7-9,11-13H2,1-3H3. The highest BCUT2D eigenvalue weighted by atomic mass is 79.9. The monoisotopic (exact) mass is 353 g/mol. The molecular weight excluding hydrogens is 326 g/mol. The number of likely N-dealkylation sites (tertiary alicyclic amines) is 1. The van der Waals surface area contributed by atoms with E-state index >= 15 is 0 Å². The maximum atomic E-state index is 3.60. The lowest BCUT2D eigenvalue weighted by Crippen LogP contribution is -2.28. The minimum absolute atomic E-state index is 0.792. The van der Waals surface area contributed by atoms with Crippen LogP contribution in [0.4, 0.5) is 5.69 Å². The molecule has 1 aromatic rings. The van der Waals surface area contributed by atoms with Gasteiger partial charge in [-0.05, 0) is 62.7 Å². The van der Waals surface area contributed by atoms with E-state index in [0.717, 1.165) is 30.0 Å². The molecule has 1 fully saturated rings. The van der Waals surface area contributed by atoms with Crippen molar-refractivity contribution in [3.05, 3.63) is 28.2 Å². The highest BCUT2D eigenvalue weighted by molar-refractivity contribution is 9.10. The minimum Gasteiger partial charge on any atom is -0.374 e. The number of halogens is 1. The number of anilines is 1. The van der Waals surface area contributed by atoms with Gasteiger partial charge in [0.2, 0.25) is 0 Å². The molecule has 1 heterocycles. The van der Waals surface area contributed by atoms with Gasteiger partial charge in [-0.15, -0.1) is 0 Å². The number of hydrogen-bond donors (Lipinski definition) is 1. The molecule has 1 saturated heterocycles. The van der Waals surface area contributed by atoms with Crippen LogP contribution in [0.3, 0.4) is 0 Å². The molecule has 0 spiro atoms. The molecule has 1 aromatic carbocycles. The van der Waals surface area contributed by atoms with Crippen molar-refractivity contribution in [2.45, 2.75) is 26.3 Å². The molecule has 3 nitrogen and oxygen atoms in total. The maximum Gasteiger partial charge on any atom is 0.0410 e. The molecule has 21 heavy (non-hydrogen) atoms. The zero-order valence-electron chi connectivity index (χ0n) is 13.5. The van der Waals surface area contributed by atoms with Gasteiger partial charge >= 0.3 is 0 Å². The molecule has 1 aliphatic heterocycles. The Kier molecular flexibility index (Phi) is 6.52. The largest absolute Gasteiger partial charge is 0.374 e. The number of rotatable bonds is 7. The SMILES string of the molecule is CCCNCc1cc(Br)ccc1N(C)CC1CCN(C)C1. The Morgan fingerprint density at radius 1 is 1.43 bits per heavy atom. The predicted molar refractivity (Wildman–Crippen MR) is 95.0 cm³/mol. The average molecular weight is 354 g/mol. The molecule has 4 heteroatoms. The summed E-state index contributed by atoms with van der Waals surface area (Å²) in [5, 5.41) is 3.52. The fourth-order valence-electron chi connectivity index (χ4n) is 3.13. The van der Waals surface area contributed by atoms with Gasteiger partial charge in [-0.1, -0.05) is 22.9 Å². The molecule has 1 aliphatic rings. The van der Waals surface area contributed by atoms with Crippen LogP contribution in [0.1, 0.15) is 25.3 Å². The van der Waals surface area contributed by atoms with E-state index in [1.54, 1.807) is 0 Å². The first-order valence-corrected chi connectivity index (χ1v) is 8.78. The van der Waals surface area contributed by atoms with E-state index in [2.05, 4.69) is 70.3 Å². The van der Waals surface area contributed by atoms with Crippen LogP contribution in [0, 0.1) is 5.92 Å². The fourth-order valence-corrected chi connectivity index (χ4v) is 3.54. The molecule has 0 bridgehead atoms. The van der Waals surface area contributed by atoms with Crippen molar-refractivity contribution < 1.29 is 0 Å². The number of benzene rings is 1. The molecule has 0 saturated carbocycles. The normalized spacial score (nSPS) is 19.1. The van der Waals surface area contributed by atoms with Crippen molar-refractivity contribution >= 4 is 21.6 Å². The van der Waals surface area contributed by atoms with Crippen LogP contribution in [-0.4, -0.2) is 45.2 Å². The minimum atomic E-state index is 0.792. The Labute approximate surface area is 137 Å². The highest BCUT2D eigenvalue weighted by Gasteiger charge is 2.21. The van der Waals surface area contributed by atoms with E-state index in [1.165, 1.54) is 37.2 Å². The van der Waals surface area contributed by atoms with Crippen molar-refractivity contribution in [3.8, 4) is 0 Å². The summed E-state index contributed by atoms with van der Waals surface area (Å²) in [4.78, 5) is 4.86. The second-order valence-electron chi connectivity index (χ2n) is 6.25. The zero-order chi connectivity index (χ0) is 15.2. The molecule has 1 N–H and O–H groups in total. The summed E-state index contributed by atoms with van der Waals surface area (Å²) in [7, 11) is 4.45. The summed E-state index contributed by atoms with van der Waals surface area (Å²) >= 11 is 3.60. The van der Waals surface area contributed by atoms with Gasteiger partial charge in [0, 0.05) is 36.8 Å². The second-order valence-corrected chi connectivity index (χ2v) is 7.16. The second kappa shape index (κ2) is 8.16. The van der Waals surface area contributed by atoms with Crippen LogP contribution in [0.5, 0.6) is 0 Å². The van der Waals surface area contributed by atoms with Gasteiger partial charge in [0.25, 0.3) is 0 Å². The summed E-state index contributed by atoms with van der Waals surface area (Å²) < 4.78 is 1.16. The first-order valence-electron chi connectivity index (χ1n) is 7.99. The van der Waals surface area contributed by atoms with E-state index in [-0.39, 0.29) is 0 Å². The molecule has 0 radical (unpaired) electrons. The first kappa shape index (κ1) is 16.8. The van der Waals surface area contributed by atoms with Gasteiger partial charge < -0.3 is 15.1 Å². The summed E-state index contributed by atoms with van der Waals surface area (Å²) in [6, 6.07) is 6.64. The lowest BCUT2D eigenvalue weighted by Gasteiger charge is -2.26. The molecule has 1 atom stereocenters. The van der Waals surface area contributed by atoms with Gasteiger partial charge in [0.15, 0.2) is 0 Å². The van der Waals surface area contributed by atoms with Gasteiger partial charge in [-0.3, -0.25) is 0 Å². The topological polar surface area (TPSA) is 18.5 Å². The Morgan fingerprint density at radius 3 is 2.90 bits per heavy atom. The van der Waals surface area contributed by atoms with Crippen molar-refractivity contribution in [2.24, 2.45) is 5.92 Å². The first-order chi connectivity index (χ1) is 10.1. The van der Waals surface area contributed by atoms with Crippen LogP contribution in [0.2, 0.25) is 0 Å². The van der Waals surface area contributed by atoms with Gasteiger partial charge in [0.05, 0.1) is 0 Å². The Balaban J connectivity index is 2.02. The van der Waals surface area contributed by atoms with Crippen LogP contribution in [0.25, 0.3) is 0 Å². The van der Waals surface area contributed by atoms with Crippen molar-refractivity contribution in [1.82, 2.24) is 10.2 Å². The molecule has 0 aromatic heterocycles. The van der Waals surface area contributed by atoms with E-state index in [9.17, 15) is 0 Å². The van der Waals surface area contributed by atoms with E-state index < -0.39 is 0 Å². The summed E-state index contributed by atoms with van der Waals surface area (Å²) in [6.45, 7) is 7.83. The molecule has 1 unspecified atom stereocenters. The van der Waals surface area contributed by atoms with Gasteiger partial charge in [0.1, 0.15) is 0 Å². The molecule has 0 aliphatic carbocycles. The number of nitrogens with zero attached hydrogens (tertiary/aromatic N) is 2. The Morgan fingerprint density at radius 2 is 2.24 bits per heavy atom. The van der Waals surface area contributed by atoms with E-state index in [1.807, 2.05) is 0 Å². The summed E-state index contributed by atoms with van der Waals surface area (Å²) in [6.07, 6.45) is 2.49. The van der Waals surface area contributed by atoms with Crippen LogP contribution >= 0.6 is 15.9 Å². The lowest BCUT2D eigenvalue weighted by molar-refractivity contribution is 0.396. The molecule has 118 valence electrons. The summed E-state index contributed by atoms with van der Waals surface area (Å²) in [5.74, 6) is 0.792. The average Bonchev–Trinajstić information content (AvgIpc) is 2.84. The van der Waals surface area contributed by atoms with Crippen molar-refractivity contribution in [3.63, 3.8) is 0 Å². The van der Waals surface area contributed by atoms with E-state index in [0.29, 0.717) is 0 Å². The van der Waals surface area contributed by atoms with Crippen LogP contribution < -0.4 is 10.2 Å². The Bertz CT molecular complexity index is 450. The molecular formula is C17H28BrN3. The van der Waals surface area contributed by atoms with Crippen molar-refractivity contribution in [2.75, 3.05) is 45.2 Å². The quantitative estimate of drug-likeness (QED) is 0.758. The molecule has 0 amide bonds. The van der Waals surface area contributed by atoms with Crippen molar-refractivity contribution in [1.29, 1.82) is 0 Å². The third-order valence-electron chi connectivity index (χ3n) is 4.22. The third-order valence-corrected chi connectivity index (χ3v) is 4.71. The zero-order valence-corrected chi connectivity index (χ0v) is 15.1. The predicted octanol–water partition coefficient (Wildman–Crippen LogP) is 3.34. The van der Waals surface area contributed by atoms with Gasteiger partial charge in [-0.25, -0.2) is 0 Å². The van der Waals surface area contributed by atoms with Crippen LogP contribution in [0.15, 0.2) is 22.7 Å². The summed E-state index contributed by atoms with van der Waals surface area (Å²) in [5.41, 5.74) is 2.74. The lowest BCUT2D eigenvalue weighted by atomic mass is 10.1. The number of hydrogen-bond acceptors (Lipinski definition) is 3. The van der Waals surface area contributed by atoms with E-state index in [4.69, 9.17) is 0 Å². The smallest absolute Gasteiger partial charge is 0.0410 e. The molecule has 2 rings (SSSR count). The van der Waals surface area contributed by atoms with Crippen LogP contribution in [-0.2, 0) is 6.54 Å².